The maximum atomic E-state index is 13.8. The number of carbonyl (C=O) groups excluding carboxylic acids is 1. The van der Waals surface area contributed by atoms with Crippen molar-refractivity contribution in [2.75, 3.05) is 26.9 Å². The predicted octanol–water partition coefficient (Wildman–Crippen LogP) is 3.60. The molecule has 0 bridgehead atoms. The first-order valence-corrected chi connectivity index (χ1v) is 13.0. The van der Waals surface area contributed by atoms with Crippen LogP contribution in [0.1, 0.15) is 44.9 Å². The summed E-state index contributed by atoms with van der Waals surface area (Å²) in [4.78, 5) is 32.0. The third-order valence-electron chi connectivity index (χ3n) is 5.83. The van der Waals surface area contributed by atoms with E-state index < -0.39 is 12.0 Å². The lowest BCUT2D eigenvalue weighted by Crippen LogP contribution is -2.39. The van der Waals surface area contributed by atoms with E-state index in [4.69, 9.17) is 18.9 Å². The zero-order valence-corrected chi connectivity index (χ0v) is 22.4. The third-order valence-corrected chi connectivity index (χ3v) is 6.81. The summed E-state index contributed by atoms with van der Waals surface area (Å²) >= 11 is 1.26. The molecule has 4 rings (SSSR count). The number of para-hydroxylation sites is 1. The van der Waals surface area contributed by atoms with Gasteiger partial charge in [0.1, 0.15) is 5.75 Å². The van der Waals surface area contributed by atoms with Crippen molar-refractivity contribution in [2.24, 2.45) is 4.99 Å². The number of ether oxygens (including phenoxy) is 4. The van der Waals surface area contributed by atoms with Crippen LogP contribution >= 0.6 is 11.3 Å². The molecule has 1 aliphatic heterocycles. The van der Waals surface area contributed by atoms with Gasteiger partial charge in [0, 0.05) is 5.56 Å². The molecule has 0 radical (unpaired) electrons. The normalized spacial score (nSPS) is 15.2. The smallest absolute Gasteiger partial charge is 0.338 e. The number of fused-ring (bicyclic) bond motifs is 1. The molecular weight excluding hydrogens is 492 g/mol. The Morgan fingerprint density at radius 1 is 1.05 bits per heavy atom. The molecule has 0 aliphatic carbocycles. The second kappa shape index (κ2) is 11.5. The highest BCUT2D eigenvalue weighted by atomic mass is 32.1. The molecule has 0 saturated heterocycles. The summed E-state index contributed by atoms with van der Waals surface area (Å²) in [6.45, 7) is 8.51. The van der Waals surface area contributed by atoms with Gasteiger partial charge in [-0.2, -0.15) is 0 Å². The van der Waals surface area contributed by atoms with Gasteiger partial charge in [-0.15, -0.1) is 0 Å². The molecule has 0 N–H and O–H groups in total. The minimum Gasteiger partial charge on any atom is -0.494 e. The molecule has 1 aliphatic rings. The van der Waals surface area contributed by atoms with Crippen LogP contribution in [0.3, 0.4) is 0 Å². The topological polar surface area (TPSA) is 88.4 Å². The molecule has 9 heteroatoms. The first-order chi connectivity index (χ1) is 17.9. The van der Waals surface area contributed by atoms with Gasteiger partial charge in [-0.1, -0.05) is 35.6 Å². The first kappa shape index (κ1) is 26.2. The fourth-order valence-corrected chi connectivity index (χ4v) is 5.30. The van der Waals surface area contributed by atoms with Gasteiger partial charge in [-0.25, -0.2) is 9.79 Å². The number of allylic oxidation sites excluding steroid dienone is 1. The van der Waals surface area contributed by atoms with E-state index in [1.165, 1.54) is 11.3 Å². The number of hydrogen-bond donors (Lipinski definition) is 0. The molecule has 3 aromatic rings. The Bertz CT molecular complexity index is 1500. The van der Waals surface area contributed by atoms with Crippen molar-refractivity contribution in [1.82, 2.24) is 4.57 Å². The van der Waals surface area contributed by atoms with Crippen LogP contribution in [0.5, 0.6) is 17.2 Å². The molecule has 0 saturated carbocycles. The van der Waals surface area contributed by atoms with Crippen LogP contribution in [-0.2, 0) is 9.53 Å². The van der Waals surface area contributed by atoms with Crippen molar-refractivity contribution in [3.8, 4) is 17.2 Å². The summed E-state index contributed by atoms with van der Waals surface area (Å²) in [5.74, 6) is 1.35. The van der Waals surface area contributed by atoms with Gasteiger partial charge in [-0.3, -0.25) is 9.36 Å². The van der Waals surface area contributed by atoms with E-state index in [0.29, 0.717) is 56.6 Å². The van der Waals surface area contributed by atoms with E-state index in [2.05, 4.69) is 4.99 Å². The molecule has 1 atom stereocenters. The monoisotopic (exact) mass is 522 g/mol. The van der Waals surface area contributed by atoms with Crippen LogP contribution in [0.4, 0.5) is 0 Å². The number of carbonyl (C=O) groups is 1. The van der Waals surface area contributed by atoms with E-state index in [1.807, 2.05) is 56.3 Å². The van der Waals surface area contributed by atoms with Gasteiger partial charge in [0.2, 0.25) is 0 Å². The van der Waals surface area contributed by atoms with E-state index in [9.17, 15) is 9.59 Å². The standard InChI is InChI=1S/C28H30N2O6S/c1-6-34-20-14-12-18(13-15-20)24-23(27(32)36-8-3)17(4)29-28-30(24)26(31)22(37-28)16-19-10-9-11-21(33-5)25(19)35-7-2/h9-16,24H,6-8H2,1-5H3/b22-16-/t24-/m0/s1. The lowest BCUT2D eigenvalue weighted by atomic mass is 9.96. The largest absolute Gasteiger partial charge is 0.494 e. The van der Waals surface area contributed by atoms with Crippen molar-refractivity contribution in [3.63, 3.8) is 0 Å². The van der Waals surface area contributed by atoms with Gasteiger partial charge in [0.15, 0.2) is 16.3 Å². The molecule has 37 heavy (non-hydrogen) atoms. The second-order valence-electron chi connectivity index (χ2n) is 8.12. The van der Waals surface area contributed by atoms with Gasteiger partial charge in [0.05, 0.1) is 48.8 Å². The Hall–Kier alpha value is -3.85. The van der Waals surface area contributed by atoms with Gasteiger partial charge in [-0.05, 0) is 57.5 Å². The number of esters is 1. The van der Waals surface area contributed by atoms with E-state index in [1.54, 1.807) is 31.6 Å². The number of aromatic nitrogens is 1. The minimum absolute atomic E-state index is 0.214. The van der Waals surface area contributed by atoms with Crippen LogP contribution in [0.2, 0.25) is 0 Å². The van der Waals surface area contributed by atoms with Gasteiger partial charge < -0.3 is 18.9 Å². The zero-order valence-electron chi connectivity index (χ0n) is 21.6. The van der Waals surface area contributed by atoms with Crippen LogP contribution in [-0.4, -0.2) is 37.5 Å². The molecule has 2 aromatic carbocycles. The van der Waals surface area contributed by atoms with E-state index in [-0.39, 0.29) is 12.2 Å². The summed E-state index contributed by atoms with van der Waals surface area (Å²) in [6.07, 6.45) is 1.77. The Kier molecular flexibility index (Phi) is 8.13. The zero-order chi connectivity index (χ0) is 26.5. The lowest BCUT2D eigenvalue weighted by Gasteiger charge is -2.24. The van der Waals surface area contributed by atoms with Crippen LogP contribution in [0, 0.1) is 0 Å². The highest BCUT2D eigenvalue weighted by molar-refractivity contribution is 7.07. The molecule has 2 heterocycles. The SMILES string of the molecule is CCOC(=O)C1=C(C)N=c2s/c(=C\c3cccc(OC)c3OCC)c(=O)n2[C@H]1c1ccc(OCC)cc1. The summed E-state index contributed by atoms with van der Waals surface area (Å²) < 4.78 is 24.2. The van der Waals surface area contributed by atoms with Gasteiger partial charge >= 0.3 is 5.97 Å². The molecular formula is C28H30N2O6S. The summed E-state index contributed by atoms with van der Waals surface area (Å²) in [6, 6.07) is 12.2. The third kappa shape index (κ3) is 5.17. The highest BCUT2D eigenvalue weighted by Gasteiger charge is 2.33. The fraction of sp³-hybridized carbons (Fsp3) is 0.321. The number of nitrogens with zero attached hydrogens (tertiary/aromatic N) is 2. The van der Waals surface area contributed by atoms with Gasteiger partial charge in [0.25, 0.3) is 5.56 Å². The summed E-state index contributed by atoms with van der Waals surface area (Å²) in [7, 11) is 1.58. The number of thiazole rings is 1. The number of hydrogen-bond acceptors (Lipinski definition) is 8. The van der Waals surface area contributed by atoms with Crippen LogP contribution < -0.4 is 29.1 Å². The van der Waals surface area contributed by atoms with Crippen molar-refractivity contribution < 1.29 is 23.7 Å². The molecule has 8 nitrogen and oxygen atoms in total. The van der Waals surface area contributed by atoms with Crippen LogP contribution in [0.15, 0.2) is 63.5 Å². The number of methoxy groups -OCH3 is 1. The quantitative estimate of drug-likeness (QED) is 0.399. The highest BCUT2D eigenvalue weighted by Crippen LogP contribution is 2.33. The Labute approximate surface area is 219 Å². The molecule has 0 spiro atoms. The number of rotatable bonds is 9. The summed E-state index contributed by atoms with van der Waals surface area (Å²) in [5, 5.41) is 0. The maximum Gasteiger partial charge on any atom is 0.338 e. The van der Waals surface area contributed by atoms with E-state index >= 15 is 0 Å². The second-order valence-corrected chi connectivity index (χ2v) is 9.13. The van der Waals surface area contributed by atoms with Crippen molar-refractivity contribution in [1.29, 1.82) is 0 Å². The maximum absolute atomic E-state index is 13.8. The first-order valence-electron chi connectivity index (χ1n) is 12.2. The average Bonchev–Trinajstić information content (AvgIpc) is 3.19. The molecule has 0 fully saturated rings. The van der Waals surface area contributed by atoms with Crippen molar-refractivity contribution in [2.45, 2.75) is 33.7 Å². The summed E-state index contributed by atoms with van der Waals surface area (Å²) in [5.41, 5.74) is 2.06. The molecule has 194 valence electrons. The van der Waals surface area contributed by atoms with Crippen molar-refractivity contribution >= 4 is 23.4 Å². The molecule has 1 aromatic heterocycles. The minimum atomic E-state index is -0.690. The van der Waals surface area contributed by atoms with Crippen LogP contribution in [0.25, 0.3) is 6.08 Å². The Morgan fingerprint density at radius 3 is 2.43 bits per heavy atom. The predicted molar refractivity (Wildman–Crippen MR) is 142 cm³/mol. The molecule has 0 unspecified atom stereocenters. The molecule has 0 amide bonds. The van der Waals surface area contributed by atoms with Crippen molar-refractivity contribution in [3.05, 3.63) is 84.5 Å². The average molecular weight is 523 g/mol. The fourth-order valence-electron chi connectivity index (χ4n) is 4.27. The number of benzene rings is 2. The van der Waals surface area contributed by atoms with E-state index in [0.717, 1.165) is 5.56 Å². The Balaban J connectivity index is 1.93. The Morgan fingerprint density at radius 2 is 1.78 bits per heavy atom. The lowest BCUT2D eigenvalue weighted by molar-refractivity contribution is -0.139.